The zero-order valence-electron chi connectivity index (χ0n) is 14.2. The molecule has 0 spiro atoms. The maximum absolute atomic E-state index is 14.0. The molecule has 0 aliphatic heterocycles. The minimum absolute atomic E-state index is 0.138. The van der Waals surface area contributed by atoms with Crippen molar-refractivity contribution in [3.05, 3.63) is 35.6 Å². The van der Waals surface area contributed by atoms with Crippen molar-refractivity contribution >= 4 is 17.3 Å². The van der Waals surface area contributed by atoms with Crippen LogP contribution < -0.4 is 5.32 Å². The SMILES string of the molecule is CCCCCCNC(=S)N(Cc1ccccc1F)C1CCCC1. The highest BCUT2D eigenvalue weighted by Gasteiger charge is 2.25. The van der Waals surface area contributed by atoms with Crippen molar-refractivity contribution in [1.82, 2.24) is 10.2 Å². The molecule has 1 fully saturated rings. The average Bonchev–Trinajstić information content (AvgIpc) is 3.08. The maximum atomic E-state index is 14.0. The molecular formula is C19H29FN2S. The van der Waals surface area contributed by atoms with Crippen LogP contribution >= 0.6 is 12.2 Å². The molecular weight excluding hydrogens is 307 g/mol. The summed E-state index contributed by atoms with van der Waals surface area (Å²) in [7, 11) is 0. The molecule has 2 nitrogen and oxygen atoms in total. The van der Waals surface area contributed by atoms with Crippen molar-refractivity contribution < 1.29 is 4.39 Å². The minimum atomic E-state index is -0.138. The first-order valence-electron chi connectivity index (χ1n) is 9.00. The van der Waals surface area contributed by atoms with Crippen LogP contribution in [-0.4, -0.2) is 22.6 Å². The molecule has 2 rings (SSSR count). The molecule has 1 aliphatic rings. The van der Waals surface area contributed by atoms with Crippen LogP contribution in [0.5, 0.6) is 0 Å². The topological polar surface area (TPSA) is 15.3 Å². The van der Waals surface area contributed by atoms with E-state index in [1.807, 2.05) is 12.1 Å². The van der Waals surface area contributed by atoms with Crippen LogP contribution in [-0.2, 0) is 6.54 Å². The standard InChI is InChI=1S/C19H29FN2S/c1-2-3-4-9-14-21-19(23)22(17-11-6-7-12-17)15-16-10-5-8-13-18(16)20/h5,8,10,13,17H,2-4,6-7,9,11-12,14-15H2,1H3,(H,21,23). The van der Waals surface area contributed by atoms with Gasteiger partial charge in [0.1, 0.15) is 5.82 Å². The summed E-state index contributed by atoms with van der Waals surface area (Å²) in [5.41, 5.74) is 0.731. The average molecular weight is 337 g/mol. The van der Waals surface area contributed by atoms with Gasteiger partial charge in [-0.1, -0.05) is 57.2 Å². The Morgan fingerprint density at radius 1 is 1.22 bits per heavy atom. The van der Waals surface area contributed by atoms with Crippen LogP contribution in [0.15, 0.2) is 24.3 Å². The fourth-order valence-electron chi connectivity index (χ4n) is 3.24. The van der Waals surface area contributed by atoms with Gasteiger partial charge in [-0.05, 0) is 37.5 Å². The van der Waals surface area contributed by atoms with Crippen molar-refractivity contribution in [1.29, 1.82) is 0 Å². The van der Waals surface area contributed by atoms with Gasteiger partial charge in [-0.15, -0.1) is 0 Å². The zero-order chi connectivity index (χ0) is 16.5. The first kappa shape index (κ1) is 18.2. The third-order valence-corrected chi connectivity index (χ3v) is 5.01. The predicted octanol–water partition coefficient (Wildman–Crippen LogP) is 5.03. The van der Waals surface area contributed by atoms with Crippen molar-refractivity contribution in [2.45, 2.75) is 70.9 Å². The summed E-state index contributed by atoms with van der Waals surface area (Å²) in [4.78, 5) is 2.21. The van der Waals surface area contributed by atoms with E-state index in [0.717, 1.165) is 36.5 Å². The second kappa shape index (κ2) is 9.86. The number of halogens is 1. The maximum Gasteiger partial charge on any atom is 0.169 e. The van der Waals surface area contributed by atoms with E-state index in [2.05, 4.69) is 17.1 Å². The number of rotatable bonds is 8. The van der Waals surface area contributed by atoms with Crippen molar-refractivity contribution in [2.24, 2.45) is 0 Å². The molecule has 0 amide bonds. The number of nitrogens with zero attached hydrogens (tertiary/aromatic N) is 1. The second-order valence-corrected chi connectivity index (χ2v) is 6.84. The van der Waals surface area contributed by atoms with E-state index < -0.39 is 0 Å². The van der Waals surface area contributed by atoms with E-state index in [1.165, 1.54) is 38.2 Å². The normalized spacial score (nSPS) is 14.9. The number of thiocarbonyl (C=S) groups is 1. The number of benzene rings is 1. The van der Waals surface area contributed by atoms with E-state index in [4.69, 9.17) is 12.2 Å². The first-order chi connectivity index (χ1) is 11.2. The number of nitrogens with one attached hydrogen (secondary N) is 1. The fraction of sp³-hybridized carbons (Fsp3) is 0.632. The Morgan fingerprint density at radius 2 is 1.96 bits per heavy atom. The highest BCUT2D eigenvalue weighted by Crippen LogP contribution is 2.25. The van der Waals surface area contributed by atoms with Gasteiger partial charge in [0.2, 0.25) is 0 Å². The smallest absolute Gasteiger partial charge is 0.169 e. The van der Waals surface area contributed by atoms with Gasteiger partial charge in [-0.25, -0.2) is 4.39 Å². The second-order valence-electron chi connectivity index (χ2n) is 6.45. The van der Waals surface area contributed by atoms with Crippen LogP contribution in [0.2, 0.25) is 0 Å². The number of hydrogen-bond acceptors (Lipinski definition) is 1. The molecule has 0 radical (unpaired) electrons. The molecule has 1 aliphatic carbocycles. The van der Waals surface area contributed by atoms with Gasteiger partial charge >= 0.3 is 0 Å². The molecule has 0 aromatic heterocycles. The van der Waals surface area contributed by atoms with E-state index in [1.54, 1.807) is 6.07 Å². The Hall–Kier alpha value is -1.16. The number of unbranched alkanes of at least 4 members (excludes halogenated alkanes) is 3. The zero-order valence-corrected chi connectivity index (χ0v) is 15.0. The summed E-state index contributed by atoms with van der Waals surface area (Å²) in [5.74, 6) is -0.138. The summed E-state index contributed by atoms with van der Waals surface area (Å²) >= 11 is 5.62. The number of hydrogen-bond donors (Lipinski definition) is 1. The van der Waals surface area contributed by atoms with Crippen LogP contribution in [0.25, 0.3) is 0 Å². The van der Waals surface area contributed by atoms with Gasteiger partial charge < -0.3 is 10.2 Å². The first-order valence-corrected chi connectivity index (χ1v) is 9.41. The molecule has 1 N–H and O–H groups in total. The highest BCUT2D eigenvalue weighted by atomic mass is 32.1. The molecule has 1 aromatic carbocycles. The van der Waals surface area contributed by atoms with E-state index in [-0.39, 0.29) is 5.82 Å². The van der Waals surface area contributed by atoms with E-state index in [0.29, 0.717) is 12.6 Å². The predicted molar refractivity (Wildman–Crippen MR) is 98.9 cm³/mol. The Kier molecular flexibility index (Phi) is 7.80. The van der Waals surface area contributed by atoms with Crippen LogP contribution in [0, 0.1) is 5.82 Å². The Balaban J connectivity index is 1.94. The van der Waals surface area contributed by atoms with Crippen LogP contribution in [0.3, 0.4) is 0 Å². The van der Waals surface area contributed by atoms with Gasteiger partial charge in [-0.2, -0.15) is 0 Å². The molecule has 0 heterocycles. The Morgan fingerprint density at radius 3 is 2.65 bits per heavy atom. The lowest BCUT2D eigenvalue weighted by Gasteiger charge is -2.32. The van der Waals surface area contributed by atoms with Crippen LogP contribution in [0.4, 0.5) is 4.39 Å². The van der Waals surface area contributed by atoms with Gasteiger partial charge in [0.15, 0.2) is 5.11 Å². The minimum Gasteiger partial charge on any atom is -0.363 e. The van der Waals surface area contributed by atoms with Gasteiger partial charge in [0.05, 0.1) is 0 Å². The fourth-order valence-corrected chi connectivity index (χ4v) is 3.56. The summed E-state index contributed by atoms with van der Waals surface area (Å²) in [6.45, 7) is 3.70. The summed E-state index contributed by atoms with van der Waals surface area (Å²) in [5, 5.41) is 4.18. The molecule has 0 atom stereocenters. The summed E-state index contributed by atoms with van der Waals surface area (Å²) < 4.78 is 14.0. The molecule has 1 saturated carbocycles. The molecule has 128 valence electrons. The lowest BCUT2D eigenvalue weighted by Crippen LogP contribution is -2.45. The van der Waals surface area contributed by atoms with E-state index >= 15 is 0 Å². The van der Waals surface area contributed by atoms with Crippen LogP contribution in [0.1, 0.15) is 63.9 Å². The third-order valence-electron chi connectivity index (χ3n) is 4.63. The van der Waals surface area contributed by atoms with E-state index in [9.17, 15) is 4.39 Å². The quantitative estimate of drug-likeness (QED) is 0.530. The van der Waals surface area contributed by atoms with Gasteiger partial charge in [0.25, 0.3) is 0 Å². The van der Waals surface area contributed by atoms with Gasteiger partial charge in [-0.3, -0.25) is 0 Å². The molecule has 0 saturated heterocycles. The molecule has 0 bridgehead atoms. The van der Waals surface area contributed by atoms with Crippen molar-refractivity contribution in [3.8, 4) is 0 Å². The lowest BCUT2D eigenvalue weighted by molar-refractivity contribution is 0.299. The summed E-state index contributed by atoms with van der Waals surface area (Å²) in [6.07, 6.45) is 9.71. The Labute approximate surface area is 145 Å². The molecule has 23 heavy (non-hydrogen) atoms. The molecule has 4 heteroatoms. The largest absolute Gasteiger partial charge is 0.363 e. The molecule has 0 unspecified atom stereocenters. The monoisotopic (exact) mass is 336 g/mol. The summed E-state index contributed by atoms with van der Waals surface area (Å²) in [6, 6.07) is 7.48. The molecule has 1 aromatic rings. The van der Waals surface area contributed by atoms with Crippen molar-refractivity contribution in [3.63, 3.8) is 0 Å². The lowest BCUT2D eigenvalue weighted by atomic mass is 10.1. The highest BCUT2D eigenvalue weighted by molar-refractivity contribution is 7.80. The van der Waals surface area contributed by atoms with Gasteiger partial charge in [0, 0.05) is 24.7 Å². The third kappa shape index (κ3) is 5.76. The Bertz CT molecular complexity index is 486. The van der Waals surface area contributed by atoms with Crippen molar-refractivity contribution in [2.75, 3.05) is 6.54 Å².